The molecule has 0 aromatic carbocycles. The van der Waals surface area contributed by atoms with Gasteiger partial charge in [0.05, 0.1) is 25.4 Å². The Morgan fingerprint density at radius 3 is 1.55 bits per heavy atom. The number of methoxy groups -OCH3 is 2. The van der Waals surface area contributed by atoms with E-state index in [1.54, 1.807) is 0 Å². The second-order valence-electron chi connectivity index (χ2n) is 5.04. The van der Waals surface area contributed by atoms with E-state index in [0.717, 1.165) is 11.1 Å². The minimum atomic E-state index is -0.493. The second-order valence-corrected chi connectivity index (χ2v) is 5.04. The lowest BCUT2D eigenvalue weighted by Crippen LogP contribution is -2.19. The molecule has 0 aromatic heterocycles. The SMILES string of the molecule is COC(=O)C1=C(C(=O)OC)CC2=C(CCC(=O)CC2)C1. The zero-order valence-electron chi connectivity index (χ0n) is 11.8. The predicted octanol–water partition coefficient (Wildman–Crippen LogP) is 1.86. The van der Waals surface area contributed by atoms with Crippen molar-refractivity contribution in [1.29, 1.82) is 0 Å². The van der Waals surface area contributed by atoms with Gasteiger partial charge in [0.1, 0.15) is 5.78 Å². The van der Waals surface area contributed by atoms with Gasteiger partial charge in [-0.25, -0.2) is 9.59 Å². The Morgan fingerprint density at radius 1 is 0.800 bits per heavy atom. The van der Waals surface area contributed by atoms with Crippen molar-refractivity contribution in [1.82, 2.24) is 0 Å². The van der Waals surface area contributed by atoms with Gasteiger partial charge in [-0.3, -0.25) is 4.79 Å². The molecule has 0 N–H and O–H groups in total. The molecule has 0 amide bonds. The van der Waals surface area contributed by atoms with E-state index in [1.807, 2.05) is 0 Å². The Bertz CT molecular complexity index is 480. The average Bonchev–Trinajstić information content (AvgIpc) is 2.66. The summed E-state index contributed by atoms with van der Waals surface area (Å²) in [7, 11) is 2.59. The topological polar surface area (TPSA) is 69.7 Å². The number of allylic oxidation sites excluding steroid dienone is 2. The lowest BCUT2D eigenvalue weighted by molar-refractivity contribution is -0.139. The maximum Gasteiger partial charge on any atom is 0.334 e. The third-order valence-electron chi connectivity index (χ3n) is 3.92. The van der Waals surface area contributed by atoms with Crippen molar-refractivity contribution in [2.45, 2.75) is 38.5 Å². The maximum absolute atomic E-state index is 11.8. The maximum atomic E-state index is 11.8. The number of Topliss-reactive ketones (excluding diaryl/α,β-unsaturated/α-hetero) is 1. The largest absolute Gasteiger partial charge is 0.466 e. The Balaban J connectivity index is 2.32. The van der Waals surface area contributed by atoms with E-state index in [0.29, 0.717) is 49.7 Å². The summed E-state index contributed by atoms with van der Waals surface area (Å²) in [5.41, 5.74) is 2.94. The molecule has 108 valence electrons. The molecule has 0 fully saturated rings. The first-order chi connectivity index (χ1) is 9.56. The third kappa shape index (κ3) is 2.81. The van der Waals surface area contributed by atoms with Crippen molar-refractivity contribution < 1.29 is 23.9 Å². The molecule has 0 spiro atoms. The predicted molar refractivity (Wildman–Crippen MR) is 70.8 cm³/mol. The zero-order chi connectivity index (χ0) is 14.7. The van der Waals surface area contributed by atoms with Gasteiger partial charge in [-0.05, 0) is 12.8 Å². The zero-order valence-corrected chi connectivity index (χ0v) is 11.8. The molecule has 2 aliphatic rings. The molecule has 20 heavy (non-hydrogen) atoms. The van der Waals surface area contributed by atoms with Crippen LogP contribution >= 0.6 is 0 Å². The Morgan fingerprint density at radius 2 is 1.20 bits per heavy atom. The van der Waals surface area contributed by atoms with Crippen LogP contribution in [-0.2, 0) is 23.9 Å². The summed E-state index contributed by atoms with van der Waals surface area (Å²) in [6, 6.07) is 0. The van der Waals surface area contributed by atoms with Gasteiger partial charge >= 0.3 is 11.9 Å². The molecule has 0 heterocycles. The average molecular weight is 278 g/mol. The van der Waals surface area contributed by atoms with Crippen LogP contribution in [0.1, 0.15) is 38.5 Å². The molecule has 2 aliphatic carbocycles. The van der Waals surface area contributed by atoms with Gasteiger partial charge in [0, 0.05) is 25.7 Å². The van der Waals surface area contributed by atoms with Crippen LogP contribution in [0.15, 0.2) is 22.3 Å². The second kappa shape index (κ2) is 6.03. The van der Waals surface area contributed by atoms with Crippen LogP contribution in [0.4, 0.5) is 0 Å². The number of hydrogen-bond donors (Lipinski definition) is 0. The van der Waals surface area contributed by atoms with E-state index >= 15 is 0 Å². The lowest BCUT2D eigenvalue weighted by atomic mass is 9.83. The number of rotatable bonds is 2. The summed E-state index contributed by atoms with van der Waals surface area (Å²) in [5, 5.41) is 0. The standard InChI is InChI=1S/C15H18O5/c1-19-14(17)12-7-9-3-5-11(16)6-4-10(9)8-13(12)15(18)20-2/h3-8H2,1-2H3. The van der Waals surface area contributed by atoms with Crippen LogP contribution in [-0.4, -0.2) is 31.9 Å². The Kier molecular flexibility index (Phi) is 4.37. The molecule has 0 atom stereocenters. The van der Waals surface area contributed by atoms with Crippen molar-refractivity contribution in [3.63, 3.8) is 0 Å². The van der Waals surface area contributed by atoms with Crippen molar-refractivity contribution in [2.75, 3.05) is 14.2 Å². The fraction of sp³-hybridized carbons (Fsp3) is 0.533. The summed E-state index contributed by atoms with van der Waals surface area (Å²) in [6.07, 6.45) is 3.15. The molecule has 0 unspecified atom stereocenters. The molecule has 0 aliphatic heterocycles. The Hall–Kier alpha value is -1.91. The molecule has 0 saturated carbocycles. The fourth-order valence-electron chi connectivity index (χ4n) is 2.76. The minimum absolute atomic E-state index is 0.235. The third-order valence-corrected chi connectivity index (χ3v) is 3.92. The molecule has 5 heteroatoms. The van der Waals surface area contributed by atoms with Gasteiger partial charge in [0.2, 0.25) is 0 Å². The van der Waals surface area contributed by atoms with Crippen LogP contribution in [0.2, 0.25) is 0 Å². The van der Waals surface area contributed by atoms with Crippen molar-refractivity contribution >= 4 is 17.7 Å². The van der Waals surface area contributed by atoms with E-state index in [-0.39, 0.29) is 5.78 Å². The summed E-state index contributed by atoms with van der Waals surface area (Å²) in [5.74, 6) is -0.751. The quantitative estimate of drug-likeness (QED) is 0.569. The highest BCUT2D eigenvalue weighted by Gasteiger charge is 2.30. The van der Waals surface area contributed by atoms with E-state index < -0.39 is 11.9 Å². The van der Waals surface area contributed by atoms with Gasteiger partial charge in [0.25, 0.3) is 0 Å². The van der Waals surface area contributed by atoms with Crippen molar-refractivity contribution in [2.24, 2.45) is 0 Å². The highest BCUT2D eigenvalue weighted by molar-refractivity contribution is 6.01. The summed E-state index contributed by atoms with van der Waals surface area (Å²) in [6.45, 7) is 0. The van der Waals surface area contributed by atoms with Crippen molar-refractivity contribution in [3.8, 4) is 0 Å². The van der Waals surface area contributed by atoms with E-state index in [2.05, 4.69) is 0 Å². The van der Waals surface area contributed by atoms with Gasteiger partial charge in [-0.2, -0.15) is 0 Å². The molecular weight excluding hydrogens is 260 g/mol. The molecule has 0 aromatic rings. The number of carbonyl (C=O) groups is 3. The van der Waals surface area contributed by atoms with Crippen LogP contribution in [0.3, 0.4) is 0 Å². The summed E-state index contributed by atoms with van der Waals surface area (Å²) in [4.78, 5) is 35.2. The number of esters is 2. The van der Waals surface area contributed by atoms with Gasteiger partial charge in [-0.15, -0.1) is 0 Å². The van der Waals surface area contributed by atoms with E-state index in [4.69, 9.17) is 9.47 Å². The van der Waals surface area contributed by atoms with Crippen LogP contribution in [0.5, 0.6) is 0 Å². The number of hydrogen-bond acceptors (Lipinski definition) is 5. The molecular formula is C15H18O5. The van der Waals surface area contributed by atoms with Crippen LogP contribution < -0.4 is 0 Å². The van der Waals surface area contributed by atoms with E-state index in [1.165, 1.54) is 14.2 Å². The van der Waals surface area contributed by atoms with Crippen molar-refractivity contribution in [3.05, 3.63) is 22.3 Å². The molecule has 0 saturated heterocycles. The minimum Gasteiger partial charge on any atom is -0.466 e. The Labute approximate surface area is 117 Å². The number of ether oxygens (including phenoxy) is 2. The first-order valence-corrected chi connectivity index (χ1v) is 6.67. The monoisotopic (exact) mass is 278 g/mol. The van der Waals surface area contributed by atoms with E-state index in [9.17, 15) is 14.4 Å². The highest BCUT2D eigenvalue weighted by Crippen LogP contribution is 2.37. The van der Waals surface area contributed by atoms with Crippen LogP contribution in [0, 0.1) is 0 Å². The smallest absolute Gasteiger partial charge is 0.334 e. The number of carbonyl (C=O) groups excluding carboxylic acids is 3. The number of ketones is 1. The van der Waals surface area contributed by atoms with Gasteiger partial charge in [-0.1, -0.05) is 11.1 Å². The lowest BCUT2D eigenvalue weighted by Gasteiger charge is -2.22. The summed E-state index contributed by atoms with van der Waals surface area (Å²) >= 11 is 0. The molecule has 0 radical (unpaired) electrons. The highest BCUT2D eigenvalue weighted by atomic mass is 16.5. The summed E-state index contributed by atoms with van der Waals surface area (Å²) < 4.78 is 9.51. The first kappa shape index (κ1) is 14.5. The molecule has 5 nitrogen and oxygen atoms in total. The van der Waals surface area contributed by atoms with Crippen LogP contribution in [0.25, 0.3) is 0 Å². The first-order valence-electron chi connectivity index (χ1n) is 6.67. The van der Waals surface area contributed by atoms with Gasteiger partial charge in [0.15, 0.2) is 0 Å². The fourth-order valence-corrected chi connectivity index (χ4v) is 2.76. The van der Waals surface area contributed by atoms with Gasteiger partial charge < -0.3 is 9.47 Å². The molecule has 0 bridgehead atoms. The molecule has 2 rings (SSSR count). The normalized spacial score (nSPS) is 19.4.